The predicted molar refractivity (Wildman–Crippen MR) is 136 cm³/mol. The summed E-state index contributed by atoms with van der Waals surface area (Å²) in [5, 5.41) is 6.66. The second kappa shape index (κ2) is 12.6. The Morgan fingerprint density at radius 1 is 1.27 bits per heavy atom. The van der Waals surface area contributed by atoms with Gasteiger partial charge in [0.15, 0.2) is 5.96 Å². The van der Waals surface area contributed by atoms with Gasteiger partial charge in [0.2, 0.25) is 0 Å². The second-order valence-corrected chi connectivity index (χ2v) is 8.55. The van der Waals surface area contributed by atoms with Crippen LogP contribution in [0, 0.1) is 13.8 Å². The molecule has 1 saturated heterocycles. The van der Waals surface area contributed by atoms with E-state index in [2.05, 4.69) is 70.6 Å². The van der Waals surface area contributed by atoms with E-state index >= 15 is 0 Å². The fourth-order valence-corrected chi connectivity index (χ4v) is 4.15. The normalized spacial score (nSPS) is 16.1. The Morgan fingerprint density at radius 3 is 2.57 bits per heavy atom. The van der Waals surface area contributed by atoms with Crippen molar-refractivity contribution in [2.45, 2.75) is 33.4 Å². The van der Waals surface area contributed by atoms with Gasteiger partial charge in [-0.25, -0.2) is 4.98 Å². The standard InChI is InChI=1S/C22H33N5OS.HI/c1-5-23-22(26(4)15-20-16-29-18(3)25-20)24-14-21(27-10-12-28-13-11-27)19-8-6-17(2)7-9-19;/h6-9,16,21H,5,10-15H2,1-4H3,(H,23,24);1H. The molecule has 0 bridgehead atoms. The van der Waals surface area contributed by atoms with E-state index in [4.69, 9.17) is 9.73 Å². The molecule has 0 radical (unpaired) electrons. The van der Waals surface area contributed by atoms with Crippen molar-refractivity contribution in [3.8, 4) is 0 Å². The zero-order valence-corrected chi connectivity index (χ0v) is 21.6. The van der Waals surface area contributed by atoms with E-state index in [0.29, 0.717) is 6.54 Å². The van der Waals surface area contributed by atoms with Gasteiger partial charge in [-0.15, -0.1) is 35.3 Å². The van der Waals surface area contributed by atoms with Crippen LogP contribution in [0.15, 0.2) is 34.6 Å². The minimum atomic E-state index is 0. The van der Waals surface area contributed by atoms with Crippen LogP contribution in [0.4, 0.5) is 0 Å². The molecular weight excluding hydrogens is 509 g/mol. The van der Waals surface area contributed by atoms with Gasteiger partial charge in [0.1, 0.15) is 0 Å². The molecule has 166 valence electrons. The maximum atomic E-state index is 5.57. The lowest BCUT2D eigenvalue weighted by Gasteiger charge is -2.34. The number of guanidine groups is 1. The SMILES string of the molecule is CCNC(=NCC(c1ccc(C)cc1)N1CCOCC1)N(C)Cc1csc(C)n1.I. The van der Waals surface area contributed by atoms with Gasteiger partial charge in [0.25, 0.3) is 0 Å². The van der Waals surface area contributed by atoms with Crippen molar-refractivity contribution in [1.82, 2.24) is 20.1 Å². The van der Waals surface area contributed by atoms with E-state index in [9.17, 15) is 0 Å². The molecule has 6 nitrogen and oxygen atoms in total. The average molecular weight is 544 g/mol. The second-order valence-electron chi connectivity index (χ2n) is 7.48. The summed E-state index contributed by atoms with van der Waals surface area (Å²) in [5.74, 6) is 0.920. The molecule has 3 rings (SSSR count). The first-order chi connectivity index (χ1) is 14.1. The van der Waals surface area contributed by atoms with Crippen LogP contribution < -0.4 is 5.32 Å². The van der Waals surface area contributed by atoms with Crippen LogP contribution in [0.3, 0.4) is 0 Å². The Balaban J connectivity index is 0.00000320. The van der Waals surface area contributed by atoms with E-state index in [-0.39, 0.29) is 30.0 Å². The highest BCUT2D eigenvalue weighted by atomic mass is 127. The number of halogens is 1. The highest BCUT2D eigenvalue weighted by Crippen LogP contribution is 2.23. The smallest absolute Gasteiger partial charge is 0.194 e. The molecule has 1 unspecified atom stereocenters. The van der Waals surface area contributed by atoms with Crippen LogP contribution in [0.1, 0.15) is 34.8 Å². The van der Waals surface area contributed by atoms with Gasteiger partial charge in [-0.3, -0.25) is 9.89 Å². The third-order valence-electron chi connectivity index (χ3n) is 5.12. The first-order valence-electron chi connectivity index (χ1n) is 10.4. The van der Waals surface area contributed by atoms with E-state index in [1.54, 1.807) is 11.3 Å². The maximum Gasteiger partial charge on any atom is 0.194 e. The van der Waals surface area contributed by atoms with Crippen molar-refractivity contribution in [2.24, 2.45) is 4.99 Å². The van der Waals surface area contributed by atoms with Crippen molar-refractivity contribution in [2.75, 3.05) is 46.4 Å². The van der Waals surface area contributed by atoms with E-state index < -0.39 is 0 Å². The third kappa shape index (κ3) is 7.18. The third-order valence-corrected chi connectivity index (χ3v) is 5.95. The summed E-state index contributed by atoms with van der Waals surface area (Å²) >= 11 is 1.69. The number of benzene rings is 1. The molecule has 2 heterocycles. The van der Waals surface area contributed by atoms with Gasteiger partial charge in [-0.2, -0.15) is 0 Å². The van der Waals surface area contributed by atoms with E-state index in [1.807, 2.05) is 6.92 Å². The number of hydrogen-bond donors (Lipinski definition) is 1. The monoisotopic (exact) mass is 543 g/mol. The summed E-state index contributed by atoms with van der Waals surface area (Å²) in [6, 6.07) is 9.10. The predicted octanol–water partition coefficient (Wildman–Crippen LogP) is 3.85. The molecule has 30 heavy (non-hydrogen) atoms. The van der Waals surface area contributed by atoms with Gasteiger partial charge >= 0.3 is 0 Å². The fraction of sp³-hybridized carbons (Fsp3) is 0.545. The van der Waals surface area contributed by atoms with Crippen molar-refractivity contribution < 1.29 is 4.74 Å². The molecule has 1 aliphatic rings. The van der Waals surface area contributed by atoms with Crippen molar-refractivity contribution in [3.05, 3.63) is 51.5 Å². The Hall–Kier alpha value is -1.23. The number of aryl methyl sites for hydroxylation is 2. The van der Waals surface area contributed by atoms with Crippen molar-refractivity contribution in [3.63, 3.8) is 0 Å². The van der Waals surface area contributed by atoms with Crippen molar-refractivity contribution in [1.29, 1.82) is 0 Å². The van der Waals surface area contributed by atoms with Gasteiger partial charge in [0.05, 0.1) is 43.0 Å². The molecule has 0 saturated carbocycles. The van der Waals surface area contributed by atoms with Gasteiger partial charge in [0, 0.05) is 32.1 Å². The van der Waals surface area contributed by atoms with E-state index in [0.717, 1.165) is 56.1 Å². The molecule has 0 amide bonds. The largest absolute Gasteiger partial charge is 0.379 e. The quantitative estimate of drug-likeness (QED) is 0.327. The number of hydrogen-bond acceptors (Lipinski definition) is 5. The molecule has 1 atom stereocenters. The molecule has 1 aromatic carbocycles. The molecule has 0 spiro atoms. The Labute approximate surface area is 201 Å². The number of thiazole rings is 1. The fourth-order valence-electron chi connectivity index (χ4n) is 3.55. The number of rotatable bonds is 7. The Morgan fingerprint density at radius 2 is 1.97 bits per heavy atom. The van der Waals surface area contributed by atoms with Crippen LogP contribution in [-0.4, -0.2) is 67.2 Å². The zero-order valence-electron chi connectivity index (χ0n) is 18.4. The highest BCUT2D eigenvalue weighted by molar-refractivity contribution is 14.0. The van der Waals surface area contributed by atoms with E-state index in [1.165, 1.54) is 11.1 Å². The molecule has 1 aliphatic heterocycles. The molecule has 2 aromatic rings. The topological polar surface area (TPSA) is 53.0 Å². The first kappa shape index (κ1) is 25.0. The molecule has 1 aromatic heterocycles. The molecule has 1 N–H and O–H groups in total. The zero-order chi connectivity index (χ0) is 20.6. The number of aliphatic imine (C=N–C) groups is 1. The summed E-state index contributed by atoms with van der Waals surface area (Å²) in [7, 11) is 2.08. The number of morpholine rings is 1. The van der Waals surface area contributed by atoms with Crippen LogP contribution in [0.5, 0.6) is 0 Å². The summed E-state index contributed by atoms with van der Waals surface area (Å²) in [5.41, 5.74) is 3.68. The van der Waals surface area contributed by atoms with Crippen LogP contribution in [-0.2, 0) is 11.3 Å². The number of ether oxygens (including phenoxy) is 1. The van der Waals surface area contributed by atoms with Crippen LogP contribution in [0.25, 0.3) is 0 Å². The Kier molecular flexibility index (Phi) is 10.5. The van der Waals surface area contributed by atoms with Crippen molar-refractivity contribution >= 4 is 41.3 Å². The molecule has 8 heteroatoms. The number of nitrogens with zero attached hydrogens (tertiary/aromatic N) is 4. The lowest BCUT2D eigenvalue weighted by molar-refractivity contribution is 0.0179. The number of nitrogens with one attached hydrogen (secondary N) is 1. The summed E-state index contributed by atoms with van der Waals surface area (Å²) in [6.45, 7) is 12.0. The lowest BCUT2D eigenvalue weighted by Crippen LogP contribution is -2.42. The Bertz CT molecular complexity index is 789. The summed E-state index contributed by atoms with van der Waals surface area (Å²) < 4.78 is 5.57. The molecular formula is C22H34IN5OS. The van der Waals surface area contributed by atoms with Crippen LogP contribution >= 0.6 is 35.3 Å². The molecule has 0 aliphatic carbocycles. The minimum absolute atomic E-state index is 0. The molecule has 1 fully saturated rings. The minimum Gasteiger partial charge on any atom is -0.379 e. The number of aromatic nitrogens is 1. The van der Waals surface area contributed by atoms with Gasteiger partial charge < -0.3 is 15.0 Å². The average Bonchev–Trinajstić information content (AvgIpc) is 3.14. The first-order valence-corrected chi connectivity index (χ1v) is 11.2. The summed E-state index contributed by atoms with van der Waals surface area (Å²) in [6.07, 6.45) is 0. The maximum absolute atomic E-state index is 5.57. The van der Waals surface area contributed by atoms with Gasteiger partial charge in [-0.05, 0) is 26.3 Å². The van der Waals surface area contributed by atoms with Gasteiger partial charge in [-0.1, -0.05) is 29.8 Å². The van der Waals surface area contributed by atoms with Crippen LogP contribution in [0.2, 0.25) is 0 Å². The lowest BCUT2D eigenvalue weighted by atomic mass is 10.0. The highest BCUT2D eigenvalue weighted by Gasteiger charge is 2.23. The summed E-state index contributed by atoms with van der Waals surface area (Å²) in [4.78, 5) is 14.3.